The molecule has 1 N–H and O–H groups in total. The summed E-state index contributed by atoms with van der Waals surface area (Å²) in [6.45, 7) is 6.37. The Morgan fingerprint density at radius 3 is 2.39 bits per heavy atom. The van der Waals surface area contributed by atoms with Gasteiger partial charge in [-0.2, -0.15) is 0 Å². The standard InChI is InChI=1S/C14H27NO3/c1-14(2,3)18-13(17)15(10-7-11-16)12-8-5-4-6-9-12/h12,16H,4-11H2,1-3H3. The molecule has 0 heterocycles. The number of hydrogen-bond acceptors (Lipinski definition) is 3. The maximum atomic E-state index is 12.2. The molecule has 106 valence electrons. The Labute approximate surface area is 110 Å². The number of aliphatic hydroxyl groups is 1. The Bertz CT molecular complexity index is 254. The van der Waals surface area contributed by atoms with E-state index >= 15 is 0 Å². The van der Waals surface area contributed by atoms with Crippen LogP contribution in [0, 0.1) is 0 Å². The molecule has 1 amide bonds. The van der Waals surface area contributed by atoms with Crippen LogP contribution in [0.15, 0.2) is 0 Å². The van der Waals surface area contributed by atoms with Gasteiger partial charge >= 0.3 is 6.09 Å². The normalized spacial score (nSPS) is 17.6. The molecule has 1 aliphatic carbocycles. The predicted molar refractivity (Wildman–Crippen MR) is 71.5 cm³/mol. The fraction of sp³-hybridized carbons (Fsp3) is 0.929. The first-order valence-corrected chi connectivity index (χ1v) is 7.04. The molecule has 4 nitrogen and oxygen atoms in total. The predicted octanol–water partition coefficient (Wildman–Crippen LogP) is 2.94. The van der Waals surface area contributed by atoms with Crippen molar-refractivity contribution in [1.82, 2.24) is 4.90 Å². The van der Waals surface area contributed by atoms with Crippen molar-refractivity contribution in [2.45, 2.75) is 70.9 Å². The minimum Gasteiger partial charge on any atom is -0.444 e. The van der Waals surface area contributed by atoms with Gasteiger partial charge in [0.1, 0.15) is 5.60 Å². The van der Waals surface area contributed by atoms with Crippen LogP contribution in [-0.4, -0.2) is 40.9 Å². The Kier molecular flexibility index (Phi) is 5.93. The highest BCUT2D eigenvalue weighted by Crippen LogP contribution is 2.24. The van der Waals surface area contributed by atoms with Crippen molar-refractivity contribution in [1.29, 1.82) is 0 Å². The van der Waals surface area contributed by atoms with E-state index in [2.05, 4.69) is 0 Å². The smallest absolute Gasteiger partial charge is 0.410 e. The first-order chi connectivity index (χ1) is 8.44. The van der Waals surface area contributed by atoms with Gasteiger partial charge in [-0.15, -0.1) is 0 Å². The molecule has 0 unspecified atom stereocenters. The van der Waals surface area contributed by atoms with Crippen LogP contribution < -0.4 is 0 Å². The van der Waals surface area contributed by atoms with Gasteiger partial charge in [0.15, 0.2) is 0 Å². The Hall–Kier alpha value is -0.770. The summed E-state index contributed by atoms with van der Waals surface area (Å²) in [5.41, 5.74) is -0.455. The maximum absolute atomic E-state index is 12.2. The van der Waals surface area contributed by atoms with Gasteiger partial charge < -0.3 is 14.7 Å². The lowest BCUT2D eigenvalue weighted by Gasteiger charge is -2.35. The van der Waals surface area contributed by atoms with E-state index in [-0.39, 0.29) is 12.7 Å². The lowest BCUT2D eigenvalue weighted by atomic mass is 9.94. The number of amides is 1. The molecule has 0 saturated heterocycles. The summed E-state index contributed by atoms with van der Waals surface area (Å²) in [6, 6.07) is 0.292. The Morgan fingerprint density at radius 1 is 1.28 bits per heavy atom. The van der Waals surface area contributed by atoms with Gasteiger partial charge in [0.2, 0.25) is 0 Å². The molecule has 1 rings (SSSR count). The Balaban J connectivity index is 2.60. The number of carbonyl (C=O) groups is 1. The fourth-order valence-corrected chi connectivity index (χ4v) is 2.38. The third kappa shape index (κ3) is 5.25. The molecule has 0 aromatic rings. The van der Waals surface area contributed by atoms with Crippen molar-refractivity contribution in [3.63, 3.8) is 0 Å². The summed E-state index contributed by atoms with van der Waals surface area (Å²) in [6.07, 6.45) is 6.14. The highest BCUT2D eigenvalue weighted by atomic mass is 16.6. The van der Waals surface area contributed by atoms with Gasteiger partial charge in [-0.25, -0.2) is 4.79 Å². The molecule has 0 aliphatic heterocycles. The fourth-order valence-electron chi connectivity index (χ4n) is 2.38. The van der Waals surface area contributed by atoms with E-state index < -0.39 is 5.60 Å². The average molecular weight is 257 g/mol. The highest BCUT2D eigenvalue weighted by molar-refractivity contribution is 5.68. The molecule has 0 spiro atoms. The van der Waals surface area contributed by atoms with Crippen molar-refractivity contribution in [2.24, 2.45) is 0 Å². The largest absolute Gasteiger partial charge is 0.444 e. The quantitative estimate of drug-likeness (QED) is 0.842. The highest BCUT2D eigenvalue weighted by Gasteiger charge is 2.28. The second-order valence-corrected chi connectivity index (χ2v) is 6.04. The molecule has 0 aromatic heterocycles. The number of carbonyl (C=O) groups excluding carboxylic acids is 1. The van der Waals surface area contributed by atoms with E-state index in [9.17, 15) is 4.79 Å². The first-order valence-electron chi connectivity index (χ1n) is 7.04. The van der Waals surface area contributed by atoms with Crippen molar-refractivity contribution >= 4 is 6.09 Å². The van der Waals surface area contributed by atoms with Gasteiger partial charge in [0, 0.05) is 19.2 Å². The molecule has 1 saturated carbocycles. The van der Waals surface area contributed by atoms with Crippen molar-refractivity contribution in [3.05, 3.63) is 0 Å². The first kappa shape index (κ1) is 15.3. The summed E-state index contributed by atoms with van der Waals surface area (Å²) in [5.74, 6) is 0. The molecule has 4 heteroatoms. The summed E-state index contributed by atoms with van der Waals surface area (Å²) in [7, 11) is 0. The van der Waals surface area contributed by atoms with E-state index in [0.29, 0.717) is 19.0 Å². The summed E-state index contributed by atoms with van der Waals surface area (Å²) in [4.78, 5) is 14.0. The van der Waals surface area contributed by atoms with Crippen molar-refractivity contribution < 1.29 is 14.6 Å². The van der Waals surface area contributed by atoms with E-state index in [1.54, 1.807) is 0 Å². The molecule has 0 radical (unpaired) electrons. The molecule has 18 heavy (non-hydrogen) atoms. The van der Waals surface area contributed by atoms with Crippen molar-refractivity contribution in [2.75, 3.05) is 13.2 Å². The number of hydrogen-bond donors (Lipinski definition) is 1. The van der Waals surface area contributed by atoms with Crippen LogP contribution in [0.2, 0.25) is 0 Å². The van der Waals surface area contributed by atoms with Gasteiger partial charge in [-0.05, 0) is 40.0 Å². The van der Waals surface area contributed by atoms with Gasteiger partial charge in [0.05, 0.1) is 0 Å². The molecule has 1 fully saturated rings. The van der Waals surface area contributed by atoms with Gasteiger partial charge in [-0.1, -0.05) is 19.3 Å². The Morgan fingerprint density at radius 2 is 1.89 bits per heavy atom. The van der Waals surface area contributed by atoms with Crippen LogP contribution in [0.3, 0.4) is 0 Å². The minimum atomic E-state index is -0.455. The number of aliphatic hydroxyl groups excluding tert-OH is 1. The van der Waals surface area contributed by atoms with Crippen LogP contribution in [0.4, 0.5) is 4.79 Å². The second-order valence-electron chi connectivity index (χ2n) is 6.04. The van der Waals surface area contributed by atoms with E-state index in [1.807, 2.05) is 25.7 Å². The van der Waals surface area contributed by atoms with Gasteiger partial charge in [-0.3, -0.25) is 0 Å². The summed E-state index contributed by atoms with van der Waals surface area (Å²) < 4.78 is 5.46. The van der Waals surface area contributed by atoms with Crippen LogP contribution in [0.1, 0.15) is 59.3 Å². The molecular weight excluding hydrogens is 230 g/mol. The van der Waals surface area contributed by atoms with Crippen LogP contribution in [0.25, 0.3) is 0 Å². The van der Waals surface area contributed by atoms with Crippen molar-refractivity contribution in [3.8, 4) is 0 Å². The van der Waals surface area contributed by atoms with E-state index in [0.717, 1.165) is 12.8 Å². The molecule has 0 atom stereocenters. The molecule has 0 aromatic carbocycles. The zero-order valence-electron chi connectivity index (χ0n) is 11.9. The van der Waals surface area contributed by atoms with E-state index in [1.165, 1.54) is 19.3 Å². The molecule has 0 bridgehead atoms. The lowest BCUT2D eigenvalue weighted by Crippen LogP contribution is -2.45. The zero-order valence-corrected chi connectivity index (χ0v) is 11.9. The minimum absolute atomic E-state index is 0.117. The maximum Gasteiger partial charge on any atom is 0.410 e. The average Bonchev–Trinajstić information content (AvgIpc) is 2.28. The van der Waals surface area contributed by atoms with Crippen LogP contribution in [0.5, 0.6) is 0 Å². The topological polar surface area (TPSA) is 49.8 Å². The molecule has 1 aliphatic rings. The summed E-state index contributed by atoms with van der Waals surface area (Å²) >= 11 is 0. The second kappa shape index (κ2) is 6.98. The van der Waals surface area contributed by atoms with Crippen LogP contribution >= 0.6 is 0 Å². The SMILES string of the molecule is CC(C)(C)OC(=O)N(CCCO)C1CCCCC1. The molecular formula is C14H27NO3. The van der Waals surface area contributed by atoms with E-state index in [4.69, 9.17) is 9.84 Å². The monoisotopic (exact) mass is 257 g/mol. The lowest BCUT2D eigenvalue weighted by molar-refractivity contribution is 0.0110. The third-order valence-corrected chi connectivity index (χ3v) is 3.20. The summed E-state index contributed by atoms with van der Waals surface area (Å²) in [5, 5.41) is 8.95. The zero-order chi connectivity index (χ0) is 13.6. The number of rotatable bonds is 4. The number of nitrogens with zero attached hydrogens (tertiary/aromatic N) is 1. The van der Waals surface area contributed by atoms with Gasteiger partial charge in [0.25, 0.3) is 0 Å². The van der Waals surface area contributed by atoms with Crippen LogP contribution in [-0.2, 0) is 4.74 Å². The number of ether oxygens (including phenoxy) is 1. The third-order valence-electron chi connectivity index (χ3n) is 3.20.